The molecule has 1 aromatic heterocycles. The predicted octanol–water partition coefficient (Wildman–Crippen LogP) is 6.12. The number of carbonyl (C=O) groups is 2. The average molecular weight is 538 g/mol. The van der Waals surface area contributed by atoms with E-state index in [1.807, 2.05) is 4.90 Å². The zero-order valence-corrected chi connectivity index (χ0v) is 20.2. The maximum Gasteiger partial charge on any atom is 0.471 e. The van der Waals surface area contributed by atoms with Crippen LogP contribution in [0.5, 0.6) is 0 Å². The second-order valence-electron chi connectivity index (χ2n) is 7.95. The maximum atomic E-state index is 12.6. The third-order valence-corrected chi connectivity index (χ3v) is 6.37. The van der Waals surface area contributed by atoms with Crippen LogP contribution in [0.4, 0.5) is 24.5 Å². The fraction of sp³-hybridized carbons (Fsp3) is 0.200. The fourth-order valence-corrected chi connectivity index (χ4v) is 4.12. The highest BCUT2D eigenvalue weighted by atomic mass is 35.5. The van der Waals surface area contributed by atoms with Gasteiger partial charge in [-0.3, -0.25) is 9.59 Å². The van der Waals surface area contributed by atoms with Gasteiger partial charge in [-0.25, -0.2) is 0 Å². The van der Waals surface area contributed by atoms with E-state index in [0.29, 0.717) is 32.8 Å². The van der Waals surface area contributed by atoms with Crippen molar-refractivity contribution in [1.82, 2.24) is 4.90 Å². The molecule has 188 valence electrons. The molecule has 1 saturated heterocycles. The number of alkyl halides is 3. The molecule has 2 aromatic carbocycles. The van der Waals surface area contributed by atoms with E-state index in [0.717, 1.165) is 10.6 Å². The van der Waals surface area contributed by atoms with E-state index in [1.54, 1.807) is 54.6 Å². The van der Waals surface area contributed by atoms with Gasteiger partial charge in [0.15, 0.2) is 0 Å². The standard InChI is InChI=1S/C25H20Cl2F3N3O3/c26-20-3-1-2-19(23(20)27)21-10-8-18(36-21)9-11-22(34)31-16-4-6-17(7-5-16)32-12-14-33(15-13-32)24(35)25(28,29)30/h1-11H,12-15H2,(H,31,34)/b11-9+. The van der Waals surface area contributed by atoms with E-state index in [9.17, 15) is 22.8 Å². The van der Waals surface area contributed by atoms with Crippen molar-refractivity contribution in [3.63, 3.8) is 0 Å². The minimum absolute atomic E-state index is 0.0143. The molecule has 0 spiro atoms. The Bertz CT molecular complexity index is 1280. The largest absolute Gasteiger partial charge is 0.471 e. The lowest BCUT2D eigenvalue weighted by molar-refractivity contribution is -0.185. The first-order valence-corrected chi connectivity index (χ1v) is 11.6. The number of benzene rings is 2. The van der Waals surface area contributed by atoms with Crippen LogP contribution in [-0.2, 0) is 9.59 Å². The second kappa shape index (κ2) is 10.7. The molecule has 1 aliphatic rings. The van der Waals surface area contributed by atoms with Crippen molar-refractivity contribution in [1.29, 1.82) is 0 Å². The number of amides is 2. The Morgan fingerprint density at radius 2 is 1.64 bits per heavy atom. The lowest BCUT2D eigenvalue weighted by atomic mass is 10.2. The fourth-order valence-electron chi connectivity index (χ4n) is 3.73. The van der Waals surface area contributed by atoms with Crippen LogP contribution in [0.1, 0.15) is 5.76 Å². The Balaban J connectivity index is 1.31. The van der Waals surface area contributed by atoms with Gasteiger partial charge in [-0.15, -0.1) is 0 Å². The predicted molar refractivity (Wildman–Crippen MR) is 133 cm³/mol. The highest BCUT2D eigenvalue weighted by molar-refractivity contribution is 6.43. The summed E-state index contributed by atoms with van der Waals surface area (Å²) >= 11 is 12.3. The summed E-state index contributed by atoms with van der Waals surface area (Å²) in [6, 6.07) is 15.5. The van der Waals surface area contributed by atoms with Gasteiger partial charge in [-0.2, -0.15) is 13.2 Å². The Labute approximate surface area is 214 Å². The molecule has 0 bridgehead atoms. The number of hydrogen-bond donors (Lipinski definition) is 1. The topological polar surface area (TPSA) is 65.8 Å². The third kappa shape index (κ3) is 6.03. The van der Waals surface area contributed by atoms with Crippen molar-refractivity contribution in [2.24, 2.45) is 0 Å². The molecular formula is C25H20Cl2F3N3O3. The molecule has 3 aromatic rings. The number of furan rings is 1. The first-order chi connectivity index (χ1) is 17.1. The molecule has 1 fully saturated rings. The van der Waals surface area contributed by atoms with Crippen molar-refractivity contribution in [3.05, 3.63) is 76.5 Å². The van der Waals surface area contributed by atoms with Gasteiger partial charge in [-0.1, -0.05) is 29.3 Å². The molecule has 0 unspecified atom stereocenters. The van der Waals surface area contributed by atoms with Crippen molar-refractivity contribution >= 4 is 52.5 Å². The van der Waals surface area contributed by atoms with Crippen LogP contribution in [-0.4, -0.2) is 49.1 Å². The van der Waals surface area contributed by atoms with E-state index in [4.69, 9.17) is 27.6 Å². The van der Waals surface area contributed by atoms with Crippen molar-refractivity contribution in [2.75, 3.05) is 36.4 Å². The Morgan fingerprint density at radius 3 is 2.31 bits per heavy atom. The van der Waals surface area contributed by atoms with Crippen LogP contribution in [0.25, 0.3) is 17.4 Å². The molecule has 36 heavy (non-hydrogen) atoms. The molecule has 0 atom stereocenters. The lowest BCUT2D eigenvalue weighted by Crippen LogP contribution is -2.52. The summed E-state index contributed by atoms with van der Waals surface area (Å²) in [5.74, 6) is -1.22. The molecule has 1 aliphatic heterocycles. The molecular weight excluding hydrogens is 518 g/mol. The van der Waals surface area contributed by atoms with Gasteiger partial charge in [0.1, 0.15) is 11.5 Å². The quantitative estimate of drug-likeness (QED) is 0.398. The molecule has 6 nitrogen and oxygen atoms in total. The number of halogens is 5. The van der Waals surface area contributed by atoms with E-state index < -0.39 is 12.1 Å². The van der Waals surface area contributed by atoms with Crippen LogP contribution in [0, 0.1) is 0 Å². The summed E-state index contributed by atoms with van der Waals surface area (Å²) in [6.45, 7) is 0.531. The molecule has 0 saturated carbocycles. The van der Waals surface area contributed by atoms with Gasteiger partial charge in [0.25, 0.3) is 0 Å². The van der Waals surface area contributed by atoms with Gasteiger partial charge in [-0.05, 0) is 54.6 Å². The monoisotopic (exact) mass is 537 g/mol. The molecule has 4 rings (SSSR count). The summed E-state index contributed by atoms with van der Waals surface area (Å²) in [4.78, 5) is 26.4. The summed E-state index contributed by atoms with van der Waals surface area (Å²) in [6.07, 6.45) is -2.01. The summed E-state index contributed by atoms with van der Waals surface area (Å²) in [5, 5.41) is 3.52. The smallest absolute Gasteiger partial charge is 0.457 e. The van der Waals surface area contributed by atoms with Crippen LogP contribution >= 0.6 is 23.2 Å². The number of anilines is 2. The molecule has 2 heterocycles. The van der Waals surface area contributed by atoms with E-state index in [1.165, 1.54) is 12.2 Å². The minimum Gasteiger partial charge on any atom is -0.457 e. The van der Waals surface area contributed by atoms with Crippen LogP contribution in [0.2, 0.25) is 10.0 Å². The third-order valence-electron chi connectivity index (χ3n) is 5.55. The van der Waals surface area contributed by atoms with Crippen molar-refractivity contribution < 1.29 is 27.2 Å². The zero-order valence-electron chi connectivity index (χ0n) is 18.7. The minimum atomic E-state index is -4.86. The summed E-state index contributed by atoms with van der Waals surface area (Å²) in [5.41, 5.74) is 1.97. The zero-order chi connectivity index (χ0) is 25.9. The normalized spacial score (nSPS) is 14.4. The van der Waals surface area contributed by atoms with Gasteiger partial charge in [0, 0.05) is 49.2 Å². The van der Waals surface area contributed by atoms with Crippen LogP contribution in [0.15, 0.2) is 65.1 Å². The molecule has 0 aliphatic carbocycles. The van der Waals surface area contributed by atoms with Gasteiger partial charge >= 0.3 is 12.1 Å². The second-order valence-corrected chi connectivity index (χ2v) is 8.74. The van der Waals surface area contributed by atoms with Crippen LogP contribution in [0.3, 0.4) is 0 Å². The van der Waals surface area contributed by atoms with Gasteiger partial charge in [0.2, 0.25) is 5.91 Å². The number of hydrogen-bond acceptors (Lipinski definition) is 4. The van der Waals surface area contributed by atoms with E-state index in [2.05, 4.69) is 5.32 Å². The summed E-state index contributed by atoms with van der Waals surface area (Å²) in [7, 11) is 0. The lowest BCUT2D eigenvalue weighted by Gasteiger charge is -2.36. The highest BCUT2D eigenvalue weighted by Gasteiger charge is 2.43. The van der Waals surface area contributed by atoms with E-state index in [-0.39, 0.29) is 32.1 Å². The van der Waals surface area contributed by atoms with Gasteiger partial charge in [0.05, 0.1) is 10.0 Å². The molecule has 0 radical (unpaired) electrons. The van der Waals surface area contributed by atoms with Crippen molar-refractivity contribution in [3.8, 4) is 11.3 Å². The highest BCUT2D eigenvalue weighted by Crippen LogP contribution is 2.34. The Hall–Kier alpha value is -3.43. The molecule has 1 N–H and O–H groups in total. The number of piperazine rings is 1. The van der Waals surface area contributed by atoms with Crippen molar-refractivity contribution in [2.45, 2.75) is 6.18 Å². The maximum absolute atomic E-state index is 12.6. The Kier molecular flexibility index (Phi) is 7.61. The van der Waals surface area contributed by atoms with Gasteiger partial charge < -0.3 is 19.5 Å². The molecule has 11 heteroatoms. The van der Waals surface area contributed by atoms with E-state index >= 15 is 0 Å². The number of nitrogens with zero attached hydrogens (tertiary/aromatic N) is 2. The Morgan fingerprint density at radius 1 is 0.944 bits per heavy atom. The number of nitrogens with one attached hydrogen (secondary N) is 1. The number of rotatable bonds is 5. The average Bonchev–Trinajstić information content (AvgIpc) is 3.33. The number of carbonyl (C=O) groups excluding carboxylic acids is 2. The van der Waals surface area contributed by atoms with Crippen LogP contribution < -0.4 is 10.2 Å². The first kappa shape index (κ1) is 25.7. The molecule has 2 amide bonds. The summed E-state index contributed by atoms with van der Waals surface area (Å²) < 4.78 is 43.5. The SMILES string of the molecule is O=C(/C=C/c1ccc(-c2cccc(Cl)c2Cl)o1)Nc1ccc(N2CCN(C(=O)C(F)(F)F)CC2)cc1. The first-order valence-electron chi connectivity index (χ1n) is 10.9.